The van der Waals surface area contributed by atoms with Gasteiger partial charge >= 0.3 is 0 Å². The maximum absolute atomic E-state index is 6.13. The van der Waals surface area contributed by atoms with E-state index in [1.54, 1.807) is 0 Å². The zero-order valence-electron chi connectivity index (χ0n) is 9.67. The molecule has 0 atom stereocenters. The number of aromatic nitrogens is 2. The Morgan fingerprint density at radius 3 is 2.76 bits per heavy atom. The number of hydrogen-bond donors (Lipinski definition) is 1. The Kier molecular flexibility index (Phi) is 3.74. The van der Waals surface area contributed by atoms with E-state index in [1.807, 2.05) is 36.9 Å². The van der Waals surface area contributed by atoms with Gasteiger partial charge in [-0.15, -0.1) is 0 Å². The first-order chi connectivity index (χ1) is 8.06. The van der Waals surface area contributed by atoms with Crippen LogP contribution in [-0.4, -0.2) is 9.78 Å². The number of nitrogens with one attached hydrogen (secondary N) is 1. The molecule has 1 aromatic heterocycles. The van der Waals surface area contributed by atoms with Crippen molar-refractivity contribution in [2.24, 2.45) is 7.05 Å². The first-order valence-corrected chi connectivity index (χ1v) is 6.42. The fraction of sp³-hybridized carbons (Fsp3) is 0.250. The highest BCUT2D eigenvalue weighted by Gasteiger charge is 2.04. The summed E-state index contributed by atoms with van der Waals surface area (Å²) in [4.78, 5) is 0. The number of benzene rings is 1. The van der Waals surface area contributed by atoms with Crippen LogP contribution < -0.4 is 5.32 Å². The monoisotopic (exact) mass is 313 g/mol. The van der Waals surface area contributed by atoms with Gasteiger partial charge in [0.25, 0.3) is 0 Å². The van der Waals surface area contributed by atoms with Crippen LogP contribution in [-0.2, 0) is 13.6 Å². The summed E-state index contributed by atoms with van der Waals surface area (Å²) >= 11 is 9.51. The van der Waals surface area contributed by atoms with Gasteiger partial charge in [0.2, 0.25) is 0 Å². The summed E-state index contributed by atoms with van der Waals surface area (Å²) in [6, 6.07) is 7.84. The normalized spacial score (nSPS) is 10.6. The molecule has 90 valence electrons. The third-order valence-corrected chi connectivity index (χ3v) is 3.30. The topological polar surface area (TPSA) is 29.9 Å². The molecule has 0 amide bonds. The Labute approximate surface area is 114 Å². The van der Waals surface area contributed by atoms with Gasteiger partial charge < -0.3 is 5.32 Å². The van der Waals surface area contributed by atoms with Crippen LogP contribution in [0.4, 0.5) is 5.69 Å². The molecular formula is C12H13BrClN3. The van der Waals surface area contributed by atoms with Crippen molar-refractivity contribution in [1.29, 1.82) is 0 Å². The number of rotatable bonds is 3. The van der Waals surface area contributed by atoms with Crippen molar-refractivity contribution >= 4 is 33.2 Å². The number of halogens is 2. The van der Waals surface area contributed by atoms with E-state index in [0.29, 0.717) is 11.6 Å². The second kappa shape index (κ2) is 5.10. The van der Waals surface area contributed by atoms with E-state index in [9.17, 15) is 0 Å². The summed E-state index contributed by atoms with van der Waals surface area (Å²) in [5.41, 5.74) is 3.07. The molecule has 0 saturated carbocycles. The summed E-state index contributed by atoms with van der Waals surface area (Å²) < 4.78 is 2.85. The van der Waals surface area contributed by atoms with E-state index in [0.717, 1.165) is 21.5 Å². The quantitative estimate of drug-likeness (QED) is 0.935. The minimum absolute atomic E-state index is 0.707. The standard InChI is InChI=1S/C12H13BrClN3/c1-8-5-10(17(2)16-8)7-15-12-4-3-9(13)6-11(12)14/h3-6,15H,7H2,1-2H3. The third kappa shape index (κ3) is 3.01. The fourth-order valence-electron chi connectivity index (χ4n) is 1.65. The molecule has 1 aromatic carbocycles. The predicted molar refractivity (Wildman–Crippen MR) is 74.4 cm³/mol. The molecule has 0 radical (unpaired) electrons. The maximum atomic E-state index is 6.13. The minimum atomic E-state index is 0.707. The van der Waals surface area contributed by atoms with Crippen molar-refractivity contribution in [2.45, 2.75) is 13.5 Å². The second-order valence-corrected chi connectivity index (χ2v) is 5.20. The van der Waals surface area contributed by atoms with Crippen molar-refractivity contribution < 1.29 is 0 Å². The number of aryl methyl sites for hydroxylation is 2. The molecule has 3 nitrogen and oxygen atoms in total. The van der Waals surface area contributed by atoms with E-state index in [4.69, 9.17) is 11.6 Å². The molecule has 0 aliphatic heterocycles. The lowest BCUT2D eigenvalue weighted by molar-refractivity contribution is 0.713. The zero-order chi connectivity index (χ0) is 12.4. The molecule has 17 heavy (non-hydrogen) atoms. The molecular weight excluding hydrogens is 302 g/mol. The zero-order valence-corrected chi connectivity index (χ0v) is 12.0. The van der Waals surface area contributed by atoms with Gasteiger partial charge in [-0.1, -0.05) is 27.5 Å². The van der Waals surface area contributed by atoms with E-state index >= 15 is 0 Å². The van der Waals surface area contributed by atoms with Crippen LogP contribution >= 0.6 is 27.5 Å². The van der Waals surface area contributed by atoms with Crippen LogP contribution in [0.2, 0.25) is 5.02 Å². The van der Waals surface area contributed by atoms with Crippen LogP contribution in [0.1, 0.15) is 11.4 Å². The third-order valence-electron chi connectivity index (χ3n) is 2.49. The molecule has 2 rings (SSSR count). The number of hydrogen-bond acceptors (Lipinski definition) is 2. The lowest BCUT2D eigenvalue weighted by Crippen LogP contribution is -2.05. The SMILES string of the molecule is Cc1cc(CNc2ccc(Br)cc2Cl)n(C)n1. The van der Waals surface area contributed by atoms with Gasteiger partial charge in [0, 0.05) is 11.5 Å². The van der Waals surface area contributed by atoms with Crippen LogP contribution in [0.5, 0.6) is 0 Å². The molecule has 0 fully saturated rings. The Hall–Kier alpha value is -1.00. The first kappa shape index (κ1) is 12.5. The fourth-order valence-corrected chi connectivity index (χ4v) is 2.39. The van der Waals surface area contributed by atoms with E-state index in [2.05, 4.69) is 32.4 Å². The Bertz CT molecular complexity index is 537. The highest BCUT2D eigenvalue weighted by Crippen LogP contribution is 2.26. The lowest BCUT2D eigenvalue weighted by Gasteiger charge is -2.08. The molecule has 1 N–H and O–H groups in total. The van der Waals surface area contributed by atoms with Crippen molar-refractivity contribution in [1.82, 2.24) is 9.78 Å². The smallest absolute Gasteiger partial charge is 0.0648 e. The van der Waals surface area contributed by atoms with Gasteiger partial charge in [0.1, 0.15) is 0 Å². The van der Waals surface area contributed by atoms with Gasteiger partial charge in [0.15, 0.2) is 0 Å². The molecule has 0 unspecified atom stereocenters. The molecule has 2 aromatic rings. The number of anilines is 1. The first-order valence-electron chi connectivity index (χ1n) is 5.24. The number of nitrogens with zero attached hydrogens (tertiary/aromatic N) is 2. The van der Waals surface area contributed by atoms with Crippen LogP contribution in [0.15, 0.2) is 28.7 Å². The van der Waals surface area contributed by atoms with E-state index < -0.39 is 0 Å². The lowest BCUT2D eigenvalue weighted by atomic mass is 10.3. The van der Waals surface area contributed by atoms with Gasteiger partial charge in [-0.05, 0) is 31.2 Å². The van der Waals surface area contributed by atoms with Gasteiger partial charge in [-0.25, -0.2) is 0 Å². The summed E-state index contributed by atoms with van der Waals surface area (Å²) in [5.74, 6) is 0. The van der Waals surface area contributed by atoms with Crippen LogP contribution in [0, 0.1) is 6.92 Å². The molecule has 0 saturated heterocycles. The van der Waals surface area contributed by atoms with Crippen molar-refractivity contribution in [2.75, 3.05) is 5.32 Å². The Balaban J connectivity index is 2.10. The summed E-state index contributed by atoms with van der Waals surface area (Å²) in [6.45, 7) is 2.69. The molecule has 0 spiro atoms. The second-order valence-electron chi connectivity index (χ2n) is 3.88. The summed E-state index contributed by atoms with van der Waals surface area (Å²) in [5, 5.41) is 8.30. The molecule has 0 aliphatic rings. The van der Waals surface area contributed by atoms with Crippen LogP contribution in [0.25, 0.3) is 0 Å². The minimum Gasteiger partial charge on any atom is -0.378 e. The van der Waals surface area contributed by atoms with E-state index in [-0.39, 0.29) is 0 Å². The average molecular weight is 315 g/mol. The Morgan fingerprint density at radius 2 is 2.18 bits per heavy atom. The average Bonchev–Trinajstić information content (AvgIpc) is 2.56. The summed E-state index contributed by atoms with van der Waals surface area (Å²) in [6.07, 6.45) is 0. The molecule has 0 bridgehead atoms. The van der Waals surface area contributed by atoms with Crippen LogP contribution in [0.3, 0.4) is 0 Å². The van der Waals surface area contributed by atoms with Gasteiger partial charge in [-0.2, -0.15) is 5.10 Å². The Morgan fingerprint density at radius 1 is 1.41 bits per heavy atom. The maximum Gasteiger partial charge on any atom is 0.0648 e. The van der Waals surface area contributed by atoms with Crippen molar-refractivity contribution in [3.8, 4) is 0 Å². The van der Waals surface area contributed by atoms with Gasteiger partial charge in [0.05, 0.1) is 28.6 Å². The molecule has 5 heteroatoms. The van der Waals surface area contributed by atoms with E-state index in [1.165, 1.54) is 0 Å². The largest absolute Gasteiger partial charge is 0.378 e. The molecule has 0 aliphatic carbocycles. The molecule has 1 heterocycles. The van der Waals surface area contributed by atoms with Crippen molar-refractivity contribution in [3.05, 3.63) is 45.1 Å². The summed E-state index contributed by atoms with van der Waals surface area (Å²) in [7, 11) is 1.94. The van der Waals surface area contributed by atoms with Crippen molar-refractivity contribution in [3.63, 3.8) is 0 Å². The van der Waals surface area contributed by atoms with Gasteiger partial charge in [-0.3, -0.25) is 4.68 Å². The highest BCUT2D eigenvalue weighted by molar-refractivity contribution is 9.10. The predicted octanol–water partition coefficient (Wildman–Crippen LogP) is 3.76. The highest BCUT2D eigenvalue weighted by atomic mass is 79.9.